The van der Waals surface area contributed by atoms with Gasteiger partial charge in [-0.3, -0.25) is 4.68 Å². The summed E-state index contributed by atoms with van der Waals surface area (Å²) in [6.45, 7) is 2.34. The normalized spacial score (nSPS) is 11.1. The maximum Gasteiger partial charge on any atom is 0.128 e. The van der Waals surface area contributed by atoms with E-state index in [1.807, 2.05) is 54.1 Å². The van der Waals surface area contributed by atoms with Crippen LogP contribution in [0.25, 0.3) is 22.2 Å². The van der Waals surface area contributed by atoms with Crippen molar-refractivity contribution in [3.05, 3.63) is 82.6 Å². The van der Waals surface area contributed by atoms with E-state index in [1.165, 1.54) is 6.07 Å². The minimum Gasteiger partial charge on any atom is -0.497 e. The van der Waals surface area contributed by atoms with Gasteiger partial charge in [-0.25, -0.2) is 4.39 Å². The molecule has 0 saturated carbocycles. The zero-order valence-electron chi connectivity index (χ0n) is 15.0. The van der Waals surface area contributed by atoms with E-state index in [4.69, 9.17) is 21.4 Å². The molecule has 4 rings (SSSR count). The van der Waals surface area contributed by atoms with Crippen LogP contribution in [0, 0.1) is 12.7 Å². The molecule has 0 aliphatic carbocycles. The van der Waals surface area contributed by atoms with Crippen molar-refractivity contribution in [2.45, 2.75) is 13.5 Å². The number of aryl methyl sites for hydroxylation is 1. The van der Waals surface area contributed by atoms with Crippen LogP contribution >= 0.6 is 11.6 Å². The fourth-order valence-corrected chi connectivity index (χ4v) is 3.55. The van der Waals surface area contributed by atoms with Gasteiger partial charge in [-0.1, -0.05) is 41.9 Å². The molecule has 0 fully saturated rings. The molecule has 3 nitrogen and oxygen atoms in total. The van der Waals surface area contributed by atoms with Crippen LogP contribution in [0.4, 0.5) is 4.39 Å². The highest BCUT2D eigenvalue weighted by molar-refractivity contribution is 6.35. The molecular weight excluding hydrogens is 363 g/mol. The second-order valence-corrected chi connectivity index (χ2v) is 6.82. The predicted octanol–water partition coefficient (Wildman–Crippen LogP) is 5.86. The number of halogens is 2. The van der Waals surface area contributed by atoms with Crippen LogP contribution in [-0.2, 0) is 6.54 Å². The average Bonchev–Trinajstić information content (AvgIpc) is 3.03. The van der Waals surface area contributed by atoms with Gasteiger partial charge in [0.05, 0.1) is 24.4 Å². The third kappa shape index (κ3) is 3.17. The molecule has 0 amide bonds. The summed E-state index contributed by atoms with van der Waals surface area (Å²) in [6, 6.07) is 18.4. The van der Waals surface area contributed by atoms with Crippen LogP contribution in [0.1, 0.15) is 11.1 Å². The number of methoxy groups -OCH3 is 1. The number of rotatable bonds is 4. The van der Waals surface area contributed by atoms with E-state index < -0.39 is 0 Å². The Morgan fingerprint density at radius 1 is 1.07 bits per heavy atom. The van der Waals surface area contributed by atoms with E-state index in [-0.39, 0.29) is 5.82 Å². The van der Waals surface area contributed by atoms with Crippen LogP contribution < -0.4 is 4.74 Å². The largest absolute Gasteiger partial charge is 0.497 e. The number of fused-ring (bicyclic) bond motifs is 1. The van der Waals surface area contributed by atoms with Gasteiger partial charge in [0.1, 0.15) is 17.1 Å². The molecule has 0 spiro atoms. The number of hydrogen-bond acceptors (Lipinski definition) is 2. The smallest absolute Gasteiger partial charge is 0.128 e. The topological polar surface area (TPSA) is 27.1 Å². The lowest BCUT2D eigenvalue weighted by molar-refractivity contribution is 0.414. The Morgan fingerprint density at radius 2 is 1.89 bits per heavy atom. The number of ether oxygens (including phenoxy) is 1. The summed E-state index contributed by atoms with van der Waals surface area (Å²) in [5.74, 6) is 0.541. The van der Waals surface area contributed by atoms with Crippen LogP contribution in [0.5, 0.6) is 5.75 Å². The first-order chi connectivity index (χ1) is 13.1. The van der Waals surface area contributed by atoms with E-state index in [2.05, 4.69) is 0 Å². The lowest BCUT2D eigenvalue weighted by Crippen LogP contribution is -2.06. The van der Waals surface area contributed by atoms with Gasteiger partial charge in [0.25, 0.3) is 0 Å². The summed E-state index contributed by atoms with van der Waals surface area (Å²) in [7, 11) is 1.64. The molecule has 5 heteroatoms. The van der Waals surface area contributed by atoms with E-state index in [0.717, 1.165) is 28.0 Å². The van der Waals surface area contributed by atoms with Crippen molar-refractivity contribution in [3.8, 4) is 17.0 Å². The maximum atomic E-state index is 14.2. The quantitative estimate of drug-likeness (QED) is 0.443. The van der Waals surface area contributed by atoms with Gasteiger partial charge in [0.2, 0.25) is 0 Å². The molecule has 1 aromatic heterocycles. The van der Waals surface area contributed by atoms with Gasteiger partial charge >= 0.3 is 0 Å². The molecule has 0 atom stereocenters. The molecule has 0 aliphatic heterocycles. The summed E-state index contributed by atoms with van der Waals surface area (Å²) in [5.41, 5.74) is 4.26. The third-order valence-corrected chi connectivity index (χ3v) is 4.99. The fraction of sp³-hybridized carbons (Fsp3) is 0.136. The van der Waals surface area contributed by atoms with Crippen molar-refractivity contribution in [2.75, 3.05) is 7.11 Å². The molecule has 3 aromatic carbocycles. The second-order valence-electron chi connectivity index (χ2n) is 6.41. The van der Waals surface area contributed by atoms with Gasteiger partial charge in [0.15, 0.2) is 0 Å². The summed E-state index contributed by atoms with van der Waals surface area (Å²) in [4.78, 5) is 0. The van der Waals surface area contributed by atoms with E-state index in [0.29, 0.717) is 22.6 Å². The lowest BCUT2D eigenvalue weighted by Gasteiger charge is -2.12. The van der Waals surface area contributed by atoms with Crippen molar-refractivity contribution in [3.63, 3.8) is 0 Å². The SMILES string of the molecule is COc1ccc(-c2c3cccc(Cl)c3nn2Cc2ccccc2F)c(C)c1. The Morgan fingerprint density at radius 3 is 2.63 bits per heavy atom. The molecule has 0 saturated heterocycles. The molecule has 0 bridgehead atoms. The van der Waals surface area contributed by atoms with Gasteiger partial charge in [-0.05, 0) is 42.8 Å². The van der Waals surface area contributed by atoms with Crippen LogP contribution in [0.3, 0.4) is 0 Å². The molecule has 0 unspecified atom stereocenters. The van der Waals surface area contributed by atoms with Crippen molar-refractivity contribution < 1.29 is 9.13 Å². The second kappa shape index (κ2) is 7.05. The summed E-state index contributed by atoms with van der Waals surface area (Å²) in [6.07, 6.45) is 0. The summed E-state index contributed by atoms with van der Waals surface area (Å²) in [5, 5.41) is 6.21. The number of aromatic nitrogens is 2. The average molecular weight is 381 g/mol. The minimum atomic E-state index is -0.249. The number of nitrogens with zero attached hydrogens (tertiary/aromatic N) is 2. The zero-order chi connectivity index (χ0) is 19.0. The van der Waals surface area contributed by atoms with E-state index in [1.54, 1.807) is 19.2 Å². The van der Waals surface area contributed by atoms with Crippen molar-refractivity contribution in [1.29, 1.82) is 0 Å². The van der Waals surface area contributed by atoms with E-state index >= 15 is 0 Å². The maximum absolute atomic E-state index is 14.2. The highest BCUT2D eigenvalue weighted by Gasteiger charge is 2.18. The fourth-order valence-electron chi connectivity index (χ4n) is 3.33. The molecule has 136 valence electrons. The van der Waals surface area contributed by atoms with Crippen LogP contribution in [0.15, 0.2) is 60.7 Å². The third-order valence-electron chi connectivity index (χ3n) is 4.69. The molecule has 4 aromatic rings. The van der Waals surface area contributed by atoms with Crippen LogP contribution in [-0.4, -0.2) is 16.9 Å². The zero-order valence-corrected chi connectivity index (χ0v) is 15.8. The Labute approximate surface area is 162 Å². The van der Waals surface area contributed by atoms with Crippen molar-refractivity contribution >= 4 is 22.5 Å². The standard InChI is InChI=1S/C22H18ClFN2O/c1-14-12-16(27-2)10-11-17(14)22-18-7-5-8-19(23)21(18)25-26(22)13-15-6-3-4-9-20(15)24/h3-12H,13H2,1-2H3. The van der Waals surface area contributed by atoms with Crippen molar-refractivity contribution in [1.82, 2.24) is 9.78 Å². The summed E-state index contributed by atoms with van der Waals surface area (Å²) < 4.78 is 21.4. The number of benzene rings is 3. The highest BCUT2D eigenvalue weighted by Crippen LogP contribution is 2.35. The number of hydrogen-bond donors (Lipinski definition) is 0. The molecule has 0 N–H and O–H groups in total. The monoisotopic (exact) mass is 380 g/mol. The lowest BCUT2D eigenvalue weighted by atomic mass is 10.0. The van der Waals surface area contributed by atoms with Crippen LogP contribution in [0.2, 0.25) is 5.02 Å². The summed E-state index contributed by atoms with van der Waals surface area (Å²) >= 11 is 6.38. The van der Waals surface area contributed by atoms with Gasteiger partial charge < -0.3 is 4.74 Å². The molecule has 0 aliphatic rings. The Kier molecular flexibility index (Phi) is 4.58. The Hall–Kier alpha value is -2.85. The minimum absolute atomic E-state index is 0.249. The van der Waals surface area contributed by atoms with Gasteiger partial charge in [-0.2, -0.15) is 5.10 Å². The molecule has 0 radical (unpaired) electrons. The molecular formula is C22H18ClFN2O. The van der Waals surface area contributed by atoms with Crippen molar-refractivity contribution in [2.24, 2.45) is 0 Å². The first-order valence-corrected chi connectivity index (χ1v) is 8.99. The molecule has 27 heavy (non-hydrogen) atoms. The Bertz CT molecular complexity index is 1140. The highest BCUT2D eigenvalue weighted by atomic mass is 35.5. The van der Waals surface area contributed by atoms with Gasteiger partial charge in [0, 0.05) is 16.5 Å². The first kappa shape index (κ1) is 17.6. The van der Waals surface area contributed by atoms with E-state index in [9.17, 15) is 4.39 Å². The van der Waals surface area contributed by atoms with Gasteiger partial charge in [-0.15, -0.1) is 0 Å². The first-order valence-electron chi connectivity index (χ1n) is 8.62. The Balaban J connectivity index is 1.95. The predicted molar refractivity (Wildman–Crippen MR) is 107 cm³/mol. The molecule has 1 heterocycles.